The first-order valence-corrected chi connectivity index (χ1v) is 11.5. The smallest absolute Gasteiger partial charge is 0.413 e. The van der Waals surface area contributed by atoms with Crippen LogP contribution in [0.2, 0.25) is 0 Å². The van der Waals surface area contributed by atoms with Gasteiger partial charge in [-0.15, -0.1) is 0 Å². The lowest BCUT2D eigenvalue weighted by Gasteiger charge is -2.37. The third-order valence-electron chi connectivity index (χ3n) is 6.81. The molecule has 1 saturated carbocycles. The van der Waals surface area contributed by atoms with Crippen LogP contribution in [0.3, 0.4) is 0 Å². The second-order valence-electron chi connectivity index (χ2n) is 9.32. The van der Waals surface area contributed by atoms with Crippen LogP contribution in [0.4, 0.5) is 26.4 Å². The molecule has 1 aromatic carbocycles. The molecule has 3 heterocycles. The van der Waals surface area contributed by atoms with Gasteiger partial charge in [0.25, 0.3) is 0 Å². The van der Waals surface area contributed by atoms with Gasteiger partial charge < -0.3 is 20.5 Å². The summed E-state index contributed by atoms with van der Waals surface area (Å²) in [4.78, 5) is 20.9. The van der Waals surface area contributed by atoms with E-state index in [-0.39, 0.29) is 11.8 Å². The molecule has 1 aliphatic heterocycles. The summed E-state index contributed by atoms with van der Waals surface area (Å²) in [5.41, 5.74) is 8.62. The Morgan fingerprint density at radius 2 is 2.06 bits per heavy atom. The first-order valence-electron chi connectivity index (χ1n) is 11.5. The maximum atomic E-state index is 15.3. The van der Waals surface area contributed by atoms with E-state index in [1.807, 2.05) is 6.92 Å². The number of carbonyl (C=O) groups is 1. The Bertz CT molecular complexity index is 1270. The fourth-order valence-corrected chi connectivity index (χ4v) is 4.59. The van der Waals surface area contributed by atoms with E-state index in [4.69, 9.17) is 15.2 Å². The van der Waals surface area contributed by atoms with Crippen molar-refractivity contribution in [3.05, 3.63) is 35.9 Å². The number of halogens is 1. The van der Waals surface area contributed by atoms with Crippen LogP contribution < -0.4 is 21.1 Å². The molecule has 0 spiro atoms. The first kappa shape index (κ1) is 22.2. The maximum absolute atomic E-state index is 15.3. The fraction of sp³-hybridized carbons (Fsp3) is 0.400. The minimum atomic E-state index is -0.546. The van der Waals surface area contributed by atoms with Gasteiger partial charge >= 0.3 is 6.09 Å². The van der Waals surface area contributed by atoms with Gasteiger partial charge in [0.05, 0.1) is 5.69 Å². The number of fused-ring (bicyclic) bond motifs is 2. The number of nitrogen functional groups attached to an aromatic ring is 1. The monoisotopic (exact) mass is 465 g/mol. The van der Waals surface area contributed by atoms with E-state index < -0.39 is 11.9 Å². The molecule has 0 atom stereocenters. The van der Waals surface area contributed by atoms with Gasteiger partial charge in [0, 0.05) is 35.5 Å². The Kier molecular flexibility index (Phi) is 5.63. The largest absolute Gasteiger partial charge is 0.474 e. The molecular formula is C25H28FN5O3. The van der Waals surface area contributed by atoms with Crippen LogP contribution in [0.25, 0.3) is 21.9 Å². The quantitative estimate of drug-likeness (QED) is 0.459. The molecule has 0 bridgehead atoms. The van der Waals surface area contributed by atoms with Crippen molar-refractivity contribution in [3.63, 3.8) is 0 Å². The van der Waals surface area contributed by atoms with Gasteiger partial charge in [0.2, 0.25) is 5.88 Å². The van der Waals surface area contributed by atoms with Gasteiger partial charge in [-0.25, -0.2) is 19.2 Å². The molecule has 8 nitrogen and oxygen atoms in total. The summed E-state index contributed by atoms with van der Waals surface area (Å²) in [6.07, 6.45) is 4.19. The number of nitrogens with one attached hydrogen (secondary N) is 2. The lowest BCUT2D eigenvalue weighted by atomic mass is 9.75. The second kappa shape index (κ2) is 8.62. The number of hydrogen-bond donors (Lipinski definition) is 3. The van der Waals surface area contributed by atoms with Gasteiger partial charge in [-0.3, -0.25) is 5.32 Å². The van der Waals surface area contributed by atoms with Crippen LogP contribution in [-0.2, 0) is 4.74 Å². The van der Waals surface area contributed by atoms with Crippen LogP contribution in [-0.4, -0.2) is 35.3 Å². The van der Waals surface area contributed by atoms with E-state index in [9.17, 15) is 4.79 Å². The minimum absolute atomic E-state index is 0.00958. The van der Waals surface area contributed by atoms with Crippen LogP contribution >= 0.6 is 0 Å². The molecule has 1 fully saturated rings. The van der Waals surface area contributed by atoms with Crippen LogP contribution in [0.15, 0.2) is 24.5 Å². The highest BCUT2D eigenvalue weighted by atomic mass is 19.1. The average Bonchev–Trinajstić information content (AvgIpc) is 2.79. The third kappa shape index (κ3) is 3.95. The number of benzene rings is 1. The molecule has 5 rings (SSSR count). The van der Waals surface area contributed by atoms with Crippen molar-refractivity contribution >= 4 is 34.1 Å². The molecule has 2 aliphatic rings. The summed E-state index contributed by atoms with van der Waals surface area (Å²) in [5.74, 6) is 1.45. The Hall–Kier alpha value is -3.62. The topological polar surface area (TPSA) is 111 Å². The molecule has 1 aliphatic carbocycles. The molecule has 4 N–H and O–H groups in total. The molecule has 9 heteroatoms. The fourth-order valence-electron chi connectivity index (χ4n) is 4.59. The average molecular weight is 466 g/mol. The molecule has 2 aromatic heterocycles. The summed E-state index contributed by atoms with van der Waals surface area (Å²) in [6.45, 7) is 7.41. The van der Waals surface area contributed by atoms with E-state index in [0.717, 1.165) is 24.1 Å². The standard InChI is InChI=1S/C25H28FN5O3/c1-12(2)14-6-16(7-14)34-25(32)31-20-9-15-8-17(21(26)22(27)19(15)11-29-20)18-10-30-24-23(13(18)3)28-4-5-33-24/h8-12,14,16,28H,4-7,27H2,1-3H3,(H,29,31,32)/t14-,16+. The summed E-state index contributed by atoms with van der Waals surface area (Å²) >= 11 is 0. The number of aromatic nitrogens is 2. The summed E-state index contributed by atoms with van der Waals surface area (Å²) in [6, 6.07) is 3.36. The maximum Gasteiger partial charge on any atom is 0.413 e. The minimum Gasteiger partial charge on any atom is -0.474 e. The van der Waals surface area contributed by atoms with Crippen LogP contribution in [0.1, 0.15) is 32.3 Å². The number of rotatable bonds is 4. The van der Waals surface area contributed by atoms with Gasteiger partial charge in [-0.1, -0.05) is 13.8 Å². The van der Waals surface area contributed by atoms with Crippen LogP contribution in [0.5, 0.6) is 5.88 Å². The van der Waals surface area contributed by atoms with E-state index >= 15 is 4.39 Å². The van der Waals surface area contributed by atoms with Gasteiger partial charge in [-0.2, -0.15) is 0 Å². The van der Waals surface area contributed by atoms with Crippen molar-refractivity contribution in [2.75, 3.05) is 29.5 Å². The SMILES string of the molecule is Cc1c(-c2cc3cc(NC(=O)O[C@H]4C[C@@H](C(C)C)C4)ncc3c(N)c2F)cnc2c1NCCO2. The summed E-state index contributed by atoms with van der Waals surface area (Å²) in [7, 11) is 0. The van der Waals surface area contributed by atoms with Crippen LogP contribution in [0, 0.1) is 24.6 Å². The van der Waals surface area contributed by atoms with Crippen molar-refractivity contribution in [3.8, 4) is 17.0 Å². The Balaban J connectivity index is 1.42. The van der Waals surface area contributed by atoms with E-state index in [1.165, 1.54) is 6.20 Å². The molecule has 0 radical (unpaired) electrons. The first-order chi connectivity index (χ1) is 16.3. The lowest BCUT2D eigenvalue weighted by molar-refractivity contribution is 0.00830. The highest BCUT2D eigenvalue weighted by Gasteiger charge is 2.34. The Morgan fingerprint density at radius 1 is 1.26 bits per heavy atom. The van der Waals surface area contributed by atoms with Crippen molar-refractivity contribution in [1.29, 1.82) is 0 Å². The van der Waals surface area contributed by atoms with Crippen molar-refractivity contribution < 1.29 is 18.7 Å². The summed E-state index contributed by atoms with van der Waals surface area (Å²) < 4.78 is 26.4. The highest BCUT2D eigenvalue weighted by Crippen LogP contribution is 2.40. The third-order valence-corrected chi connectivity index (χ3v) is 6.81. The molecule has 3 aromatic rings. The zero-order valence-electron chi connectivity index (χ0n) is 19.4. The highest BCUT2D eigenvalue weighted by molar-refractivity contribution is 5.99. The number of nitrogens with two attached hydrogens (primary N) is 1. The molecule has 0 saturated heterocycles. The predicted octanol–water partition coefficient (Wildman–Crippen LogP) is 5.11. The number of anilines is 3. The molecule has 0 unspecified atom stereocenters. The van der Waals surface area contributed by atoms with Crippen molar-refractivity contribution in [1.82, 2.24) is 9.97 Å². The lowest BCUT2D eigenvalue weighted by Crippen LogP contribution is -2.37. The van der Waals surface area contributed by atoms with E-state index in [1.54, 1.807) is 18.3 Å². The zero-order valence-corrected chi connectivity index (χ0v) is 19.4. The predicted molar refractivity (Wildman–Crippen MR) is 130 cm³/mol. The molecule has 178 valence electrons. The Labute approximate surface area is 197 Å². The number of carbonyl (C=O) groups excluding carboxylic acids is 1. The second-order valence-corrected chi connectivity index (χ2v) is 9.32. The van der Waals surface area contributed by atoms with E-state index in [2.05, 4.69) is 34.4 Å². The van der Waals surface area contributed by atoms with Gasteiger partial charge in [-0.05, 0) is 54.7 Å². The number of ether oxygens (including phenoxy) is 2. The molecule has 1 amide bonds. The Morgan fingerprint density at radius 3 is 2.82 bits per heavy atom. The van der Waals surface area contributed by atoms with Gasteiger partial charge in [0.1, 0.15) is 24.2 Å². The number of pyridine rings is 2. The molecule has 34 heavy (non-hydrogen) atoms. The normalized spacial score (nSPS) is 19.1. The van der Waals surface area contributed by atoms with Gasteiger partial charge in [0.15, 0.2) is 5.82 Å². The molecular weight excluding hydrogens is 437 g/mol. The van der Waals surface area contributed by atoms with Crippen molar-refractivity contribution in [2.24, 2.45) is 11.8 Å². The zero-order chi connectivity index (χ0) is 24.0. The number of hydrogen-bond acceptors (Lipinski definition) is 7. The van der Waals surface area contributed by atoms with E-state index in [0.29, 0.717) is 58.6 Å². The summed E-state index contributed by atoms with van der Waals surface area (Å²) in [5, 5.41) is 7.05. The van der Waals surface area contributed by atoms with Crippen molar-refractivity contribution in [2.45, 2.75) is 39.7 Å². The number of nitrogens with zero attached hydrogens (tertiary/aromatic N) is 2. The number of amides is 1.